The Bertz CT molecular complexity index is 1340. The SMILES string of the molecule is CNC(=O)CN1CCN(C(=O)c2cc(-c3ccc(-c4ccccc4)cc3)nc3ccccc23)CC1. The lowest BCUT2D eigenvalue weighted by molar-refractivity contribution is -0.122. The van der Waals surface area contributed by atoms with Gasteiger partial charge in [0.05, 0.1) is 23.3 Å². The van der Waals surface area contributed by atoms with Gasteiger partial charge in [-0.1, -0.05) is 72.8 Å². The molecule has 1 fully saturated rings. The zero-order valence-corrected chi connectivity index (χ0v) is 19.8. The van der Waals surface area contributed by atoms with Gasteiger partial charge in [0.2, 0.25) is 5.91 Å². The summed E-state index contributed by atoms with van der Waals surface area (Å²) >= 11 is 0. The van der Waals surface area contributed by atoms with Crippen LogP contribution >= 0.6 is 0 Å². The molecule has 5 rings (SSSR count). The number of piperazine rings is 1. The normalized spacial score (nSPS) is 14.1. The maximum absolute atomic E-state index is 13.6. The zero-order valence-electron chi connectivity index (χ0n) is 19.8. The average Bonchev–Trinajstić information content (AvgIpc) is 2.93. The Kier molecular flexibility index (Phi) is 6.55. The van der Waals surface area contributed by atoms with Crippen LogP contribution in [0.15, 0.2) is 84.9 Å². The number of nitrogens with zero attached hydrogens (tertiary/aromatic N) is 3. The summed E-state index contributed by atoms with van der Waals surface area (Å²) in [5.74, 6) is -0.00169. The molecule has 6 heteroatoms. The van der Waals surface area contributed by atoms with Gasteiger partial charge in [-0.15, -0.1) is 0 Å². The predicted octanol–water partition coefficient (Wildman–Crippen LogP) is 4.07. The van der Waals surface area contributed by atoms with Crippen molar-refractivity contribution in [2.45, 2.75) is 0 Å². The molecule has 1 aliphatic heterocycles. The van der Waals surface area contributed by atoms with Crippen LogP contribution in [0.1, 0.15) is 10.4 Å². The molecular formula is C29H28N4O2. The van der Waals surface area contributed by atoms with Gasteiger partial charge in [0, 0.05) is 44.2 Å². The molecule has 1 N–H and O–H groups in total. The van der Waals surface area contributed by atoms with Gasteiger partial charge in [0.1, 0.15) is 0 Å². The monoisotopic (exact) mass is 464 g/mol. The fraction of sp³-hybridized carbons (Fsp3) is 0.207. The number of benzene rings is 3. The molecule has 1 aromatic heterocycles. The molecule has 1 saturated heterocycles. The van der Waals surface area contributed by atoms with E-state index in [1.54, 1.807) is 7.05 Å². The Labute approximate surface area is 205 Å². The number of fused-ring (bicyclic) bond motifs is 1. The largest absolute Gasteiger partial charge is 0.358 e. The second-order valence-electron chi connectivity index (χ2n) is 8.76. The number of hydrogen-bond donors (Lipinski definition) is 1. The lowest BCUT2D eigenvalue weighted by Gasteiger charge is -2.34. The van der Waals surface area contributed by atoms with Crippen LogP contribution in [-0.2, 0) is 4.79 Å². The van der Waals surface area contributed by atoms with E-state index in [0.29, 0.717) is 38.3 Å². The van der Waals surface area contributed by atoms with Crippen molar-refractivity contribution in [3.8, 4) is 22.4 Å². The van der Waals surface area contributed by atoms with Gasteiger partial charge in [0.25, 0.3) is 5.91 Å². The molecule has 176 valence electrons. The van der Waals surface area contributed by atoms with E-state index in [-0.39, 0.29) is 11.8 Å². The van der Waals surface area contributed by atoms with Crippen LogP contribution in [0.2, 0.25) is 0 Å². The first-order valence-corrected chi connectivity index (χ1v) is 11.9. The highest BCUT2D eigenvalue weighted by Crippen LogP contribution is 2.28. The Morgan fingerprint density at radius 3 is 2.14 bits per heavy atom. The van der Waals surface area contributed by atoms with Gasteiger partial charge in [-0.2, -0.15) is 0 Å². The maximum Gasteiger partial charge on any atom is 0.254 e. The Balaban J connectivity index is 1.42. The van der Waals surface area contributed by atoms with E-state index in [1.807, 2.05) is 53.4 Å². The summed E-state index contributed by atoms with van der Waals surface area (Å²) < 4.78 is 0. The Morgan fingerprint density at radius 1 is 0.800 bits per heavy atom. The maximum atomic E-state index is 13.6. The van der Waals surface area contributed by atoms with Crippen LogP contribution in [0.25, 0.3) is 33.3 Å². The van der Waals surface area contributed by atoms with Crippen molar-refractivity contribution in [1.29, 1.82) is 0 Å². The molecule has 0 aliphatic carbocycles. The minimum Gasteiger partial charge on any atom is -0.358 e. The molecule has 35 heavy (non-hydrogen) atoms. The average molecular weight is 465 g/mol. The second kappa shape index (κ2) is 10.1. The van der Waals surface area contributed by atoms with E-state index in [2.05, 4.69) is 46.6 Å². The topological polar surface area (TPSA) is 65.5 Å². The lowest BCUT2D eigenvalue weighted by atomic mass is 10.00. The fourth-order valence-electron chi connectivity index (χ4n) is 4.53. The van der Waals surface area contributed by atoms with Crippen LogP contribution in [0, 0.1) is 0 Å². The highest BCUT2D eigenvalue weighted by atomic mass is 16.2. The number of pyridine rings is 1. The summed E-state index contributed by atoms with van der Waals surface area (Å²) in [4.78, 5) is 34.1. The highest BCUT2D eigenvalue weighted by Gasteiger charge is 2.25. The minimum atomic E-state index is -0.00664. The van der Waals surface area contributed by atoms with Crippen molar-refractivity contribution in [3.05, 3.63) is 90.5 Å². The van der Waals surface area contributed by atoms with E-state index in [9.17, 15) is 9.59 Å². The molecule has 0 saturated carbocycles. The number of carbonyl (C=O) groups excluding carboxylic acids is 2. The predicted molar refractivity (Wildman–Crippen MR) is 139 cm³/mol. The molecule has 2 heterocycles. The molecule has 4 aromatic rings. The van der Waals surface area contributed by atoms with Crippen LogP contribution in [0.4, 0.5) is 0 Å². The molecule has 0 spiro atoms. The number of likely N-dealkylation sites (N-methyl/N-ethyl adjacent to an activating group) is 1. The van der Waals surface area contributed by atoms with E-state index < -0.39 is 0 Å². The summed E-state index contributed by atoms with van der Waals surface area (Å²) in [7, 11) is 1.64. The van der Waals surface area contributed by atoms with Gasteiger partial charge < -0.3 is 10.2 Å². The summed E-state index contributed by atoms with van der Waals surface area (Å²) in [6.45, 7) is 2.90. The van der Waals surface area contributed by atoms with Crippen LogP contribution in [-0.4, -0.2) is 66.4 Å². The van der Waals surface area contributed by atoms with E-state index >= 15 is 0 Å². The van der Waals surface area contributed by atoms with Crippen molar-refractivity contribution in [3.63, 3.8) is 0 Å². The molecule has 2 amide bonds. The van der Waals surface area contributed by atoms with Crippen LogP contribution in [0.3, 0.4) is 0 Å². The third kappa shape index (κ3) is 4.93. The molecule has 3 aromatic carbocycles. The Morgan fingerprint density at radius 2 is 1.43 bits per heavy atom. The summed E-state index contributed by atoms with van der Waals surface area (Å²) in [5, 5.41) is 3.52. The van der Waals surface area contributed by atoms with E-state index in [1.165, 1.54) is 0 Å². The molecule has 0 atom stereocenters. The first kappa shape index (κ1) is 22.7. The zero-order chi connectivity index (χ0) is 24.2. The number of amides is 2. The molecular weight excluding hydrogens is 436 g/mol. The van der Waals surface area contributed by atoms with Gasteiger partial charge in [0.15, 0.2) is 0 Å². The van der Waals surface area contributed by atoms with Crippen LogP contribution in [0.5, 0.6) is 0 Å². The number of para-hydroxylation sites is 1. The Hall–Kier alpha value is -4.03. The second-order valence-corrected chi connectivity index (χ2v) is 8.76. The lowest BCUT2D eigenvalue weighted by Crippen LogP contribution is -2.50. The van der Waals surface area contributed by atoms with Gasteiger partial charge in [-0.05, 0) is 23.3 Å². The third-order valence-electron chi connectivity index (χ3n) is 6.54. The number of nitrogens with one attached hydrogen (secondary N) is 1. The van der Waals surface area contributed by atoms with Gasteiger partial charge >= 0.3 is 0 Å². The molecule has 0 radical (unpaired) electrons. The van der Waals surface area contributed by atoms with E-state index in [0.717, 1.165) is 33.3 Å². The van der Waals surface area contributed by atoms with Crippen molar-refractivity contribution in [2.75, 3.05) is 39.8 Å². The fourth-order valence-corrected chi connectivity index (χ4v) is 4.53. The van der Waals surface area contributed by atoms with Crippen molar-refractivity contribution in [1.82, 2.24) is 20.1 Å². The first-order valence-electron chi connectivity index (χ1n) is 11.9. The van der Waals surface area contributed by atoms with Gasteiger partial charge in [-0.3, -0.25) is 14.5 Å². The standard InChI is InChI=1S/C29H28N4O2/c1-30-28(34)20-32-15-17-33(18-16-32)29(35)25-19-27(31-26-10-6-5-9-24(25)26)23-13-11-22(12-14-23)21-7-3-2-4-8-21/h2-14,19H,15-18,20H2,1H3,(H,30,34). The molecule has 0 unspecified atom stereocenters. The van der Waals surface area contributed by atoms with Crippen molar-refractivity contribution < 1.29 is 9.59 Å². The number of rotatable bonds is 5. The van der Waals surface area contributed by atoms with E-state index in [4.69, 9.17) is 4.98 Å². The summed E-state index contributed by atoms with van der Waals surface area (Å²) in [6.07, 6.45) is 0. The van der Waals surface area contributed by atoms with Crippen molar-refractivity contribution in [2.24, 2.45) is 0 Å². The quantitative estimate of drug-likeness (QED) is 0.484. The van der Waals surface area contributed by atoms with Gasteiger partial charge in [-0.25, -0.2) is 4.98 Å². The number of carbonyl (C=O) groups is 2. The smallest absolute Gasteiger partial charge is 0.254 e. The molecule has 1 aliphatic rings. The van der Waals surface area contributed by atoms with Crippen molar-refractivity contribution >= 4 is 22.7 Å². The summed E-state index contributed by atoms with van der Waals surface area (Å²) in [6, 6.07) is 28.3. The van der Waals surface area contributed by atoms with Crippen LogP contribution < -0.4 is 5.32 Å². The third-order valence-corrected chi connectivity index (χ3v) is 6.54. The molecule has 6 nitrogen and oxygen atoms in total. The first-order chi connectivity index (χ1) is 17.1. The summed E-state index contributed by atoms with van der Waals surface area (Å²) in [5.41, 5.74) is 5.53. The number of hydrogen-bond acceptors (Lipinski definition) is 4. The highest BCUT2D eigenvalue weighted by molar-refractivity contribution is 6.07. The molecule has 0 bridgehead atoms. The minimum absolute atomic E-state index is 0.00495. The number of aromatic nitrogens is 1.